The lowest BCUT2D eigenvalue weighted by molar-refractivity contribution is 0.631. The molecular formula is C19H20Cl2FN5Si. The molecule has 2 aromatic heterocycles. The first-order valence-corrected chi connectivity index (χ1v) is 13.3. The lowest BCUT2D eigenvalue weighted by atomic mass is 10.1. The fourth-order valence-electron chi connectivity index (χ4n) is 4.86. The summed E-state index contributed by atoms with van der Waals surface area (Å²) in [6.07, 6.45) is 4.22. The Bertz CT molecular complexity index is 1020. The standard InChI is InChI=1S/C19H20Cl2FN5Si/c20-13-4-3-5-14(22)15(13)16-17(21)25-19-23-12-24-27(19)18(16)26-6-10-28(11-7-26)8-1-2-9-28/h3-5,12H,1-2,6-11H2. The van der Waals surface area contributed by atoms with E-state index >= 15 is 0 Å². The molecular weight excluding hydrogens is 416 g/mol. The summed E-state index contributed by atoms with van der Waals surface area (Å²) >= 11 is 12.9. The molecule has 0 aliphatic carbocycles. The van der Waals surface area contributed by atoms with Gasteiger partial charge in [-0.15, -0.1) is 0 Å². The van der Waals surface area contributed by atoms with Crippen molar-refractivity contribution in [3.63, 3.8) is 0 Å². The summed E-state index contributed by atoms with van der Waals surface area (Å²) in [5.74, 6) is 0.728. The monoisotopic (exact) mass is 435 g/mol. The summed E-state index contributed by atoms with van der Waals surface area (Å²) in [6.45, 7) is 1.86. The lowest BCUT2D eigenvalue weighted by Crippen LogP contribution is -2.45. The smallest absolute Gasteiger partial charge is 0.255 e. The van der Waals surface area contributed by atoms with Gasteiger partial charge in [0.1, 0.15) is 23.1 Å². The molecule has 1 aromatic carbocycles. The highest BCUT2D eigenvalue weighted by molar-refractivity contribution is 6.80. The van der Waals surface area contributed by atoms with Crippen LogP contribution in [-0.4, -0.2) is 40.7 Å². The van der Waals surface area contributed by atoms with Crippen LogP contribution < -0.4 is 4.90 Å². The van der Waals surface area contributed by atoms with Gasteiger partial charge in [-0.25, -0.2) is 4.39 Å². The number of aromatic nitrogens is 4. The van der Waals surface area contributed by atoms with Crippen LogP contribution in [0.4, 0.5) is 10.2 Å². The second kappa shape index (κ2) is 6.97. The minimum Gasteiger partial charge on any atom is -0.356 e. The van der Waals surface area contributed by atoms with E-state index in [-0.39, 0.29) is 10.7 Å². The largest absolute Gasteiger partial charge is 0.356 e. The topological polar surface area (TPSA) is 46.3 Å². The molecule has 0 atom stereocenters. The number of benzene rings is 1. The third-order valence-corrected chi connectivity index (χ3v) is 12.3. The summed E-state index contributed by atoms with van der Waals surface area (Å²) in [4.78, 5) is 10.8. The van der Waals surface area contributed by atoms with Gasteiger partial charge in [0.15, 0.2) is 0 Å². The molecule has 0 radical (unpaired) electrons. The van der Waals surface area contributed by atoms with Crippen LogP contribution in [0, 0.1) is 5.82 Å². The summed E-state index contributed by atoms with van der Waals surface area (Å²) in [6, 6.07) is 10.1. The maximum absolute atomic E-state index is 14.8. The Hall–Kier alpha value is -1.70. The zero-order valence-electron chi connectivity index (χ0n) is 15.3. The van der Waals surface area contributed by atoms with Crippen LogP contribution in [-0.2, 0) is 0 Å². The second-order valence-corrected chi connectivity index (χ2v) is 13.6. The molecule has 2 saturated heterocycles. The molecule has 5 rings (SSSR count). The Morgan fingerprint density at radius 2 is 1.75 bits per heavy atom. The van der Waals surface area contributed by atoms with E-state index in [0.717, 1.165) is 18.9 Å². The van der Waals surface area contributed by atoms with Gasteiger partial charge in [0.05, 0.1) is 18.7 Å². The molecule has 4 heterocycles. The molecule has 28 heavy (non-hydrogen) atoms. The Labute approximate surface area is 173 Å². The second-order valence-electron chi connectivity index (χ2n) is 7.86. The van der Waals surface area contributed by atoms with E-state index in [9.17, 15) is 4.39 Å². The Morgan fingerprint density at radius 3 is 2.46 bits per heavy atom. The first-order valence-electron chi connectivity index (χ1n) is 9.67. The van der Waals surface area contributed by atoms with E-state index in [1.807, 2.05) is 0 Å². The van der Waals surface area contributed by atoms with Crippen molar-refractivity contribution in [2.24, 2.45) is 0 Å². The summed E-state index contributed by atoms with van der Waals surface area (Å²) in [5.41, 5.74) is 0.763. The van der Waals surface area contributed by atoms with Gasteiger partial charge in [0.25, 0.3) is 5.78 Å². The number of rotatable bonds is 2. The van der Waals surface area contributed by atoms with E-state index in [4.69, 9.17) is 23.2 Å². The SMILES string of the molecule is Fc1cccc(Cl)c1-c1c(Cl)nc2ncnn2c1N1CC[Si]2(CCCC2)CC1. The number of hydrogen-bond donors (Lipinski definition) is 0. The van der Waals surface area contributed by atoms with Crippen LogP contribution in [0.1, 0.15) is 12.8 Å². The van der Waals surface area contributed by atoms with Crippen molar-refractivity contribution in [2.45, 2.75) is 37.0 Å². The Kier molecular flexibility index (Phi) is 4.56. The van der Waals surface area contributed by atoms with Crippen LogP contribution in [0.5, 0.6) is 0 Å². The van der Waals surface area contributed by atoms with E-state index in [1.54, 1.807) is 16.6 Å². The number of hydrogen-bond acceptors (Lipinski definition) is 4. The van der Waals surface area contributed by atoms with E-state index in [2.05, 4.69) is 20.0 Å². The molecule has 5 nitrogen and oxygen atoms in total. The zero-order chi connectivity index (χ0) is 19.3. The van der Waals surface area contributed by atoms with E-state index in [1.165, 1.54) is 49.4 Å². The average molecular weight is 436 g/mol. The van der Waals surface area contributed by atoms with Crippen LogP contribution in [0.3, 0.4) is 0 Å². The Balaban J connectivity index is 1.66. The predicted molar refractivity (Wildman–Crippen MR) is 113 cm³/mol. The lowest BCUT2D eigenvalue weighted by Gasteiger charge is -2.39. The summed E-state index contributed by atoms with van der Waals surface area (Å²) < 4.78 is 16.5. The molecule has 3 aromatic rings. The van der Waals surface area contributed by atoms with Crippen molar-refractivity contribution in [1.82, 2.24) is 19.6 Å². The van der Waals surface area contributed by atoms with Crippen LogP contribution >= 0.6 is 23.2 Å². The third kappa shape index (κ3) is 2.91. The van der Waals surface area contributed by atoms with Gasteiger partial charge >= 0.3 is 0 Å². The molecule has 2 fully saturated rings. The number of fused-ring (bicyclic) bond motifs is 1. The van der Waals surface area contributed by atoms with Gasteiger partial charge < -0.3 is 4.90 Å². The normalized spacial score (nSPS) is 19.0. The summed E-state index contributed by atoms with van der Waals surface area (Å²) in [7, 11) is -1.11. The fourth-order valence-corrected chi connectivity index (χ4v) is 10.4. The molecule has 0 bridgehead atoms. The highest BCUT2D eigenvalue weighted by atomic mass is 35.5. The van der Waals surface area contributed by atoms with E-state index < -0.39 is 13.9 Å². The number of anilines is 1. The molecule has 0 N–H and O–H groups in total. The molecule has 0 saturated carbocycles. The quantitative estimate of drug-likeness (QED) is 0.404. The maximum Gasteiger partial charge on any atom is 0.255 e. The molecule has 9 heteroatoms. The summed E-state index contributed by atoms with van der Waals surface area (Å²) in [5, 5.41) is 4.86. The minimum atomic E-state index is -1.11. The maximum atomic E-state index is 14.8. The predicted octanol–water partition coefficient (Wildman–Crippen LogP) is 5.30. The highest BCUT2D eigenvalue weighted by Crippen LogP contribution is 2.44. The third-order valence-electron chi connectivity index (χ3n) is 6.36. The van der Waals surface area contributed by atoms with Gasteiger partial charge in [-0.05, 0) is 24.2 Å². The number of nitrogens with zero attached hydrogens (tertiary/aromatic N) is 5. The Morgan fingerprint density at radius 1 is 1.00 bits per heavy atom. The van der Waals surface area contributed by atoms with Gasteiger partial charge in [0, 0.05) is 18.7 Å². The number of halogens is 3. The highest BCUT2D eigenvalue weighted by Gasteiger charge is 2.40. The van der Waals surface area contributed by atoms with Crippen molar-refractivity contribution in [3.8, 4) is 11.1 Å². The first-order chi connectivity index (χ1) is 13.6. The van der Waals surface area contributed by atoms with Crippen molar-refractivity contribution in [3.05, 3.63) is 40.5 Å². The molecule has 2 aliphatic rings. The molecule has 0 amide bonds. The van der Waals surface area contributed by atoms with Gasteiger partial charge in [-0.1, -0.05) is 54.2 Å². The average Bonchev–Trinajstić information content (AvgIpc) is 3.32. The first kappa shape index (κ1) is 18.3. The van der Waals surface area contributed by atoms with Crippen LogP contribution in [0.15, 0.2) is 24.5 Å². The van der Waals surface area contributed by atoms with Crippen molar-refractivity contribution >= 4 is 42.9 Å². The van der Waals surface area contributed by atoms with Crippen LogP contribution in [0.2, 0.25) is 34.4 Å². The van der Waals surface area contributed by atoms with Gasteiger partial charge in [0.2, 0.25) is 0 Å². The zero-order valence-corrected chi connectivity index (χ0v) is 17.8. The fraction of sp³-hybridized carbons (Fsp3) is 0.421. The van der Waals surface area contributed by atoms with Crippen molar-refractivity contribution in [2.75, 3.05) is 18.0 Å². The molecule has 146 valence electrons. The van der Waals surface area contributed by atoms with Crippen molar-refractivity contribution in [1.29, 1.82) is 0 Å². The molecule has 1 spiro atoms. The van der Waals surface area contributed by atoms with Gasteiger partial charge in [-0.3, -0.25) is 0 Å². The molecule has 2 aliphatic heterocycles. The minimum absolute atomic E-state index is 0.195. The van der Waals surface area contributed by atoms with Crippen molar-refractivity contribution < 1.29 is 4.39 Å². The molecule has 0 unspecified atom stereocenters. The van der Waals surface area contributed by atoms with Crippen LogP contribution in [0.25, 0.3) is 16.9 Å². The van der Waals surface area contributed by atoms with Gasteiger partial charge in [-0.2, -0.15) is 19.6 Å². The van der Waals surface area contributed by atoms with E-state index in [0.29, 0.717) is 16.4 Å².